The number of piperidine rings is 1. The highest BCUT2D eigenvalue weighted by Gasteiger charge is 2.24. The Morgan fingerprint density at radius 3 is 2.88 bits per heavy atom. The zero-order chi connectivity index (χ0) is 11.7. The first-order valence-corrected chi connectivity index (χ1v) is 5.85. The van der Waals surface area contributed by atoms with E-state index in [2.05, 4.69) is 4.98 Å². The van der Waals surface area contributed by atoms with Crippen molar-refractivity contribution in [3.8, 4) is 0 Å². The van der Waals surface area contributed by atoms with Gasteiger partial charge in [0.05, 0.1) is 11.1 Å². The minimum atomic E-state index is -0.432. The highest BCUT2D eigenvalue weighted by atomic mass is 35.5. The lowest BCUT2D eigenvalue weighted by Crippen LogP contribution is -2.42. The SMILES string of the molecule is O=C(c1cc(Cl)c(Cl)[nH]1)N1CCCC(O)C1. The number of likely N-dealkylation sites (tertiary alicyclic amines) is 1. The summed E-state index contributed by atoms with van der Waals surface area (Å²) in [6, 6.07) is 1.51. The summed E-state index contributed by atoms with van der Waals surface area (Å²) >= 11 is 11.5. The molecule has 1 aliphatic rings. The number of hydrogen-bond donors (Lipinski definition) is 2. The van der Waals surface area contributed by atoms with Gasteiger partial charge in [-0.25, -0.2) is 0 Å². The molecule has 6 heteroatoms. The number of β-amino-alcohol motifs (C(OH)–C–C–N with tert-alkyl or cyclic N) is 1. The number of nitrogens with one attached hydrogen (secondary N) is 1. The van der Waals surface area contributed by atoms with Gasteiger partial charge in [-0.1, -0.05) is 23.2 Å². The standard InChI is InChI=1S/C10H12Cl2N2O2/c11-7-4-8(13-9(7)12)10(16)14-3-1-2-6(15)5-14/h4,6,13,15H,1-3,5H2. The van der Waals surface area contributed by atoms with Crippen LogP contribution in [-0.4, -0.2) is 40.1 Å². The summed E-state index contributed by atoms with van der Waals surface area (Å²) in [6.45, 7) is 1.03. The zero-order valence-corrected chi connectivity index (χ0v) is 10.1. The molecule has 0 radical (unpaired) electrons. The molecular formula is C10H12Cl2N2O2. The van der Waals surface area contributed by atoms with Gasteiger partial charge in [0, 0.05) is 13.1 Å². The molecule has 4 nitrogen and oxygen atoms in total. The molecule has 1 aromatic rings. The van der Waals surface area contributed by atoms with Crippen molar-refractivity contribution in [2.45, 2.75) is 18.9 Å². The van der Waals surface area contributed by atoms with Crippen LogP contribution < -0.4 is 0 Å². The Hall–Kier alpha value is -0.710. The molecule has 2 N–H and O–H groups in total. The van der Waals surface area contributed by atoms with E-state index in [9.17, 15) is 9.90 Å². The van der Waals surface area contributed by atoms with Gasteiger partial charge >= 0.3 is 0 Å². The van der Waals surface area contributed by atoms with Crippen LogP contribution in [0.1, 0.15) is 23.3 Å². The number of H-pyrrole nitrogens is 1. The number of carbonyl (C=O) groups is 1. The molecule has 1 unspecified atom stereocenters. The average molecular weight is 263 g/mol. The van der Waals surface area contributed by atoms with Crippen LogP contribution in [0.4, 0.5) is 0 Å². The third-order valence-electron chi connectivity index (χ3n) is 2.64. The number of aromatic amines is 1. The number of amides is 1. The molecule has 0 spiro atoms. The van der Waals surface area contributed by atoms with E-state index in [0.29, 0.717) is 23.8 Å². The molecule has 1 aliphatic heterocycles. The summed E-state index contributed by atoms with van der Waals surface area (Å²) in [5.41, 5.74) is 0.365. The topological polar surface area (TPSA) is 56.3 Å². The summed E-state index contributed by atoms with van der Waals surface area (Å²) in [4.78, 5) is 16.3. The lowest BCUT2D eigenvalue weighted by atomic mass is 10.1. The number of rotatable bonds is 1. The van der Waals surface area contributed by atoms with Crippen LogP contribution in [-0.2, 0) is 0 Å². The fourth-order valence-corrected chi connectivity index (χ4v) is 2.14. The number of hydrogen-bond acceptors (Lipinski definition) is 2. The van der Waals surface area contributed by atoms with Gasteiger partial charge < -0.3 is 15.0 Å². The van der Waals surface area contributed by atoms with Crippen LogP contribution in [0, 0.1) is 0 Å². The Morgan fingerprint density at radius 1 is 1.56 bits per heavy atom. The van der Waals surface area contributed by atoms with Crippen molar-refractivity contribution in [1.82, 2.24) is 9.88 Å². The molecule has 2 rings (SSSR count). The van der Waals surface area contributed by atoms with E-state index in [1.807, 2.05) is 0 Å². The maximum Gasteiger partial charge on any atom is 0.270 e. The summed E-state index contributed by atoms with van der Waals surface area (Å²) < 4.78 is 0. The highest BCUT2D eigenvalue weighted by Crippen LogP contribution is 2.23. The molecule has 1 saturated heterocycles. The fourth-order valence-electron chi connectivity index (χ4n) is 1.83. The number of aromatic nitrogens is 1. The zero-order valence-electron chi connectivity index (χ0n) is 8.54. The van der Waals surface area contributed by atoms with Gasteiger partial charge in [0.25, 0.3) is 5.91 Å². The van der Waals surface area contributed by atoms with Crippen LogP contribution in [0.5, 0.6) is 0 Å². The van der Waals surface area contributed by atoms with E-state index in [1.54, 1.807) is 4.90 Å². The van der Waals surface area contributed by atoms with Crippen molar-refractivity contribution < 1.29 is 9.90 Å². The van der Waals surface area contributed by atoms with Crippen molar-refractivity contribution in [3.05, 3.63) is 21.9 Å². The Bertz CT molecular complexity index is 386. The van der Waals surface area contributed by atoms with Gasteiger partial charge in [-0.15, -0.1) is 0 Å². The number of carbonyl (C=O) groups excluding carboxylic acids is 1. The van der Waals surface area contributed by atoms with Gasteiger partial charge in [-0.05, 0) is 18.9 Å². The molecule has 0 aliphatic carbocycles. The third kappa shape index (κ3) is 2.34. The Balaban J connectivity index is 2.12. The lowest BCUT2D eigenvalue weighted by molar-refractivity contribution is 0.0469. The average Bonchev–Trinajstić information content (AvgIpc) is 2.58. The minimum Gasteiger partial charge on any atom is -0.391 e. The first-order valence-electron chi connectivity index (χ1n) is 5.09. The second-order valence-corrected chi connectivity index (χ2v) is 4.68. The van der Waals surface area contributed by atoms with Crippen LogP contribution in [0.3, 0.4) is 0 Å². The fraction of sp³-hybridized carbons (Fsp3) is 0.500. The molecule has 1 amide bonds. The Kier molecular flexibility index (Phi) is 3.42. The maximum atomic E-state index is 12.0. The van der Waals surface area contributed by atoms with Crippen molar-refractivity contribution in [1.29, 1.82) is 0 Å². The monoisotopic (exact) mass is 262 g/mol. The van der Waals surface area contributed by atoms with E-state index in [-0.39, 0.29) is 11.1 Å². The van der Waals surface area contributed by atoms with E-state index in [1.165, 1.54) is 6.07 Å². The number of aliphatic hydroxyl groups excluding tert-OH is 1. The van der Waals surface area contributed by atoms with Crippen molar-refractivity contribution in [3.63, 3.8) is 0 Å². The van der Waals surface area contributed by atoms with Crippen molar-refractivity contribution >= 4 is 29.1 Å². The lowest BCUT2D eigenvalue weighted by Gasteiger charge is -2.29. The van der Waals surface area contributed by atoms with Crippen molar-refractivity contribution in [2.75, 3.05) is 13.1 Å². The van der Waals surface area contributed by atoms with Crippen LogP contribution in [0.2, 0.25) is 10.2 Å². The highest BCUT2D eigenvalue weighted by molar-refractivity contribution is 6.41. The molecule has 2 heterocycles. The molecule has 0 bridgehead atoms. The normalized spacial score (nSPS) is 21.2. The first kappa shape index (κ1) is 11.8. The molecular weight excluding hydrogens is 251 g/mol. The summed E-state index contributed by atoms with van der Waals surface area (Å²) in [6.07, 6.45) is 1.13. The van der Waals surface area contributed by atoms with E-state index >= 15 is 0 Å². The van der Waals surface area contributed by atoms with Crippen LogP contribution in [0.15, 0.2) is 6.07 Å². The molecule has 16 heavy (non-hydrogen) atoms. The second kappa shape index (κ2) is 4.65. The first-order chi connectivity index (χ1) is 7.58. The summed E-state index contributed by atoms with van der Waals surface area (Å²) in [7, 11) is 0. The molecule has 1 atom stereocenters. The van der Waals surface area contributed by atoms with Gasteiger partial charge in [-0.3, -0.25) is 4.79 Å². The largest absolute Gasteiger partial charge is 0.391 e. The van der Waals surface area contributed by atoms with Crippen molar-refractivity contribution in [2.24, 2.45) is 0 Å². The van der Waals surface area contributed by atoms with Gasteiger partial charge in [0.2, 0.25) is 0 Å². The van der Waals surface area contributed by atoms with E-state index in [4.69, 9.17) is 23.2 Å². The number of aliphatic hydroxyl groups is 1. The minimum absolute atomic E-state index is 0.174. The summed E-state index contributed by atoms with van der Waals surface area (Å²) in [5.74, 6) is -0.174. The van der Waals surface area contributed by atoms with Gasteiger partial charge in [0.15, 0.2) is 0 Å². The van der Waals surface area contributed by atoms with Gasteiger partial charge in [0.1, 0.15) is 10.8 Å². The Labute approximate surface area is 103 Å². The molecule has 1 aromatic heterocycles. The van der Waals surface area contributed by atoms with E-state index < -0.39 is 6.10 Å². The number of nitrogens with zero attached hydrogens (tertiary/aromatic N) is 1. The molecule has 88 valence electrons. The van der Waals surface area contributed by atoms with Crippen LogP contribution >= 0.6 is 23.2 Å². The molecule has 0 aromatic carbocycles. The predicted molar refractivity (Wildman–Crippen MR) is 62.0 cm³/mol. The quantitative estimate of drug-likeness (QED) is 0.813. The Morgan fingerprint density at radius 2 is 2.31 bits per heavy atom. The third-order valence-corrected chi connectivity index (χ3v) is 3.33. The predicted octanol–water partition coefficient (Wildman–Crippen LogP) is 1.92. The molecule has 0 saturated carbocycles. The second-order valence-electron chi connectivity index (χ2n) is 3.89. The summed E-state index contributed by atoms with van der Waals surface area (Å²) in [5, 5.41) is 10.1. The molecule has 1 fully saturated rings. The van der Waals surface area contributed by atoms with Gasteiger partial charge in [-0.2, -0.15) is 0 Å². The van der Waals surface area contributed by atoms with E-state index in [0.717, 1.165) is 12.8 Å². The number of halogens is 2. The maximum absolute atomic E-state index is 12.0. The van der Waals surface area contributed by atoms with Crippen LogP contribution in [0.25, 0.3) is 0 Å². The smallest absolute Gasteiger partial charge is 0.270 e.